The smallest absolute Gasteiger partial charge is 0.407 e. The van der Waals surface area contributed by atoms with Gasteiger partial charge in [-0.25, -0.2) is 14.2 Å². The number of para-hydroxylation sites is 1. The fraction of sp³-hybridized carbons (Fsp3) is 0.464. The van der Waals surface area contributed by atoms with Crippen LogP contribution in [0.5, 0.6) is 0 Å². The molecule has 0 radical (unpaired) electrons. The number of amides is 2. The van der Waals surface area contributed by atoms with E-state index in [2.05, 4.69) is 22.5 Å². The van der Waals surface area contributed by atoms with E-state index in [1.807, 2.05) is 11.0 Å². The lowest BCUT2D eigenvalue weighted by atomic mass is 10.1. The molecule has 40 heavy (non-hydrogen) atoms. The third kappa shape index (κ3) is 6.36. The van der Waals surface area contributed by atoms with Gasteiger partial charge in [-0.2, -0.15) is 4.98 Å². The molecule has 3 aromatic rings. The van der Waals surface area contributed by atoms with Crippen LogP contribution in [0.1, 0.15) is 40.5 Å². The number of piperidine rings is 1. The average Bonchev–Trinajstić information content (AvgIpc) is 3.28. The van der Waals surface area contributed by atoms with Crippen molar-refractivity contribution in [3.63, 3.8) is 0 Å². The second-order valence-corrected chi connectivity index (χ2v) is 10.7. The summed E-state index contributed by atoms with van der Waals surface area (Å²) in [7, 11) is 1.52. The van der Waals surface area contributed by atoms with Crippen molar-refractivity contribution in [2.24, 2.45) is 7.05 Å². The Morgan fingerprint density at radius 3 is 2.55 bits per heavy atom. The fourth-order valence-corrected chi connectivity index (χ4v) is 4.67. The van der Waals surface area contributed by atoms with Crippen LogP contribution in [0, 0.1) is 11.8 Å². The highest BCUT2D eigenvalue weighted by Crippen LogP contribution is 2.23. The standard InChI is InChI=1S/C28H35N7O5/c1-6-7-16-34-22-23(31-25(34)33-15-11-14-20(17-33)30-26(38)40-28(2,3)4)32(5)27(39)35(24(22)37)18-21(36)29-19-12-9-8-10-13-19/h8-10,12-13,20H,11,14-18H2,1-5H3,(H,29,36)(H,30,38)/t20-/m1/s1. The predicted octanol–water partition coefficient (Wildman–Crippen LogP) is 2.05. The van der Waals surface area contributed by atoms with Crippen LogP contribution in [-0.4, -0.2) is 55.4 Å². The lowest BCUT2D eigenvalue weighted by molar-refractivity contribution is -0.116. The van der Waals surface area contributed by atoms with E-state index in [-0.39, 0.29) is 23.8 Å². The number of aromatic nitrogens is 4. The molecule has 1 atom stereocenters. The summed E-state index contributed by atoms with van der Waals surface area (Å²) in [6.45, 7) is 7.88. The van der Waals surface area contributed by atoms with Crippen LogP contribution in [0.4, 0.5) is 16.4 Å². The molecule has 0 bridgehead atoms. The Morgan fingerprint density at radius 2 is 1.88 bits per heavy atom. The monoisotopic (exact) mass is 549 g/mol. The van der Waals surface area contributed by atoms with Gasteiger partial charge in [0.25, 0.3) is 5.56 Å². The van der Waals surface area contributed by atoms with Gasteiger partial charge in [-0.3, -0.25) is 18.7 Å². The van der Waals surface area contributed by atoms with Gasteiger partial charge in [-0.1, -0.05) is 24.1 Å². The minimum absolute atomic E-state index is 0.159. The van der Waals surface area contributed by atoms with E-state index in [1.165, 1.54) is 11.6 Å². The Kier molecular flexibility index (Phi) is 8.32. The van der Waals surface area contributed by atoms with E-state index in [9.17, 15) is 19.2 Å². The summed E-state index contributed by atoms with van der Waals surface area (Å²) in [4.78, 5) is 58.7. The van der Waals surface area contributed by atoms with Crippen LogP contribution >= 0.6 is 0 Å². The van der Waals surface area contributed by atoms with Gasteiger partial charge in [0.1, 0.15) is 12.1 Å². The van der Waals surface area contributed by atoms with Gasteiger partial charge in [0, 0.05) is 31.9 Å². The zero-order valence-corrected chi connectivity index (χ0v) is 23.5. The lowest BCUT2D eigenvalue weighted by Gasteiger charge is -2.34. The largest absolute Gasteiger partial charge is 0.444 e. The number of nitrogens with zero attached hydrogens (tertiary/aromatic N) is 5. The molecule has 0 spiro atoms. The second kappa shape index (κ2) is 11.7. The molecule has 2 N–H and O–H groups in total. The van der Waals surface area contributed by atoms with Gasteiger partial charge < -0.3 is 20.3 Å². The Bertz CT molecular complexity index is 1590. The molecular weight excluding hydrogens is 514 g/mol. The Morgan fingerprint density at radius 1 is 1.15 bits per heavy atom. The van der Waals surface area contributed by atoms with Crippen molar-refractivity contribution in [1.29, 1.82) is 0 Å². The first kappa shape index (κ1) is 28.5. The summed E-state index contributed by atoms with van der Waals surface area (Å²) in [6.07, 6.45) is 1.03. The summed E-state index contributed by atoms with van der Waals surface area (Å²) in [6, 6.07) is 8.61. The molecule has 3 heterocycles. The molecular formula is C28H35N7O5. The maximum Gasteiger partial charge on any atom is 0.407 e. The summed E-state index contributed by atoms with van der Waals surface area (Å²) >= 11 is 0. The molecule has 1 aliphatic rings. The van der Waals surface area contributed by atoms with Crippen LogP contribution in [0.2, 0.25) is 0 Å². The molecule has 2 amide bonds. The van der Waals surface area contributed by atoms with Crippen molar-refractivity contribution in [3.05, 3.63) is 51.2 Å². The normalized spacial score (nSPS) is 15.3. The molecule has 212 valence electrons. The Hall–Kier alpha value is -4.53. The third-order valence-corrected chi connectivity index (χ3v) is 6.41. The zero-order chi connectivity index (χ0) is 29.0. The first-order valence-corrected chi connectivity index (χ1v) is 13.2. The van der Waals surface area contributed by atoms with Crippen LogP contribution in [0.25, 0.3) is 11.2 Å². The maximum atomic E-state index is 13.7. The number of carbonyl (C=O) groups excluding carboxylic acids is 2. The van der Waals surface area contributed by atoms with Crippen molar-refractivity contribution in [1.82, 2.24) is 24.0 Å². The highest BCUT2D eigenvalue weighted by atomic mass is 16.6. The van der Waals surface area contributed by atoms with Crippen molar-refractivity contribution in [2.45, 2.75) is 65.3 Å². The molecule has 0 unspecified atom stereocenters. The second-order valence-electron chi connectivity index (χ2n) is 10.7. The number of benzene rings is 1. The number of rotatable bonds is 6. The summed E-state index contributed by atoms with van der Waals surface area (Å²) in [5.74, 6) is 5.79. The fourth-order valence-electron chi connectivity index (χ4n) is 4.67. The number of fused-ring (bicyclic) bond motifs is 1. The van der Waals surface area contributed by atoms with Crippen molar-refractivity contribution < 1.29 is 14.3 Å². The number of nitrogens with one attached hydrogen (secondary N) is 2. The zero-order valence-electron chi connectivity index (χ0n) is 23.5. The van der Waals surface area contributed by atoms with Crippen LogP contribution in [0.3, 0.4) is 0 Å². The van der Waals surface area contributed by atoms with Gasteiger partial charge in [-0.15, -0.1) is 5.92 Å². The number of anilines is 2. The van der Waals surface area contributed by atoms with Gasteiger partial charge in [0.05, 0.1) is 6.54 Å². The van der Waals surface area contributed by atoms with E-state index in [4.69, 9.17) is 9.72 Å². The Balaban J connectivity index is 1.69. The molecule has 0 aliphatic carbocycles. The van der Waals surface area contributed by atoms with Crippen molar-refractivity contribution in [2.75, 3.05) is 23.3 Å². The first-order valence-electron chi connectivity index (χ1n) is 13.2. The summed E-state index contributed by atoms with van der Waals surface area (Å²) in [5, 5.41) is 5.63. The highest BCUT2D eigenvalue weighted by Gasteiger charge is 2.29. The summed E-state index contributed by atoms with van der Waals surface area (Å²) in [5.41, 5.74) is -0.962. The topological polar surface area (TPSA) is 132 Å². The highest BCUT2D eigenvalue weighted by molar-refractivity contribution is 5.90. The minimum atomic E-state index is -0.651. The first-order chi connectivity index (χ1) is 19.0. The van der Waals surface area contributed by atoms with E-state index >= 15 is 0 Å². The molecule has 1 saturated heterocycles. The number of imidazole rings is 1. The van der Waals surface area contributed by atoms with Crippen LogP contribution in [0.15, 0.2) is 39.9 Å². The molecule has 12 heteroatoms. The molecule has 2 aromatic heterocycles. The quantitative estimate of drug-likeness (QED) is 0.450. The van der Waals surface area contributed by atoms with E-state index in [1.54, 1.807) is 56.5 Å². The number of hydrogen-bond acceptors (Lipinski definition) is 7. The van der Waals surface area contributed by atoms with Gasteiger partial charge in [-0.05, 0) is 52.7 Å². The Labute approximate surface area is 231 Å². The molecule has 1 aromatic carbocycles. The average molecular weight is 550 g/mol. The number of carbonyl (C=O) groups is 2. The molecule has 12 nitrogen and oxygen atoms in total. The van der Waals surface area contributed by atoms with Crippen molar-refractivity contribution >= 4 is 34.8 Å². The van der Waals surface area contributed by atoms with E-state index in [0.29, 0.717) is 24.7 Å². The minimum Gasteiger partial charge on any atom is -0.444 e. The molecule has 1 aliphatic heterocycles. The van der Waals surface area contributed by atoms with Gasteiger partial charge in [0.15, 0.2) is 11.2 Å². The number of alkyl carbamates (subject to hydrolysis) is 1. The van der Waals surface area contributed by atoms with E-state index in [0.717, 1.165) is 17.4 Å². The number of aryl methyl sites for hydroxylation is 1. The maximum absolute atomic E-state index is 13.7. The number of hydrogen-bond donors (Lipinski definition) is 2. The van der Waals surface area contributed by atoms with Crippen LogP contribution in [-0.2, 0) is 29.7 Å². The van der Waals surface area contributed by atoms with Crippen LogP contribution < -0.4 is 26.8 Å². The van der Waals surface area contributed by atoms with E-state index < -0.39 is 35.4 Å². The predicted molar refractivity (Wildman–Crippen MR) is 152 cm³/mol. The third-order valence-electron chi connectivity index (χ3n) is 6.41. The molecule has 4 rings (SSSR count). The van der Waals surface area contributed by atoms with Crippen molar-refractivity contribution in [3.8, 4) is 11.8 Å². The van der Waals surface area contributed by atoms with Gasteiger partial charge in [0.2, 0.25) is 11.9 Å². The lowest BCUT2D eigenvalue weighted by Crippen LogP contribution is -2.49. The number of ether oxygens (including phenoxy) is 1. The van der Waals surface area contributed by atoms with Gasteiger partial charge >= 0.3 is 11.8 Å². The molecule has 0 saturated carbocycles. The summed E-state index contributed by atoms with van der Waals surface area (Å²) < 4.78 is 9.26. The molecule has 1 fully saturated rings. The SMILES string of the molecule is CC#CCn1c(N2CCC[C@@H](NC(=O)OC(C)(C)C)C2)nc2c1c(=O)n(CC(=O)Nc1ccccc1)c(=O)n2C.